The van der Waals surface area contributed by atoms with E-state index in [0.717, 1.165) is 17.0 Å². The second kappa shape index (κ2) is 7.32. The number of benzene rings is 1. The molecule has 166 valence electrons. The summed E-state index contributed by atoms with van der Waals surface area (Å²) in [6, 6.07) is 4.26. The van der Waals surface area contributed by atoms with Crippen molar-refractivity contribution in [1.29, 1.82) is 0 Å². The number of imide groups is 1. The van der Waals surface area contributed by atoms with Crippen LogP contribution in [0.25, 0.3) is 0 Å². The van der Waals surface area contributed by atoms with E-state index in [9.17, 15) is 27.9 Å². The minimum absolute atomic E-state index is 0.0301. The Balaban J connectivity index is 1.64. The number of hydrogen-bond acceptors (Lipinski definition) is 5. The molecule has 1 aromatic carbocycles. The number of urea groups is 1. The van der Waals surface area contributed by atoms with E-state index in [-0.39, 0.29) is 24.5 Å². The fourth-order valence-corrected chi connectivity index (χ4v) is 4.74. The minimum Gasteiger partial charge on any atom is -0.406 e. The van der Waals surface area contributed by atoms with Gasteiger partial charge in [0, 0.05) is 19.4 Å². The van der Waals surface area contributed by atoms with Gasteiger partial charge in [-0.2, -0.15) is 0 Å². The number of aliphatic hydroxyl groups is 1. The average Bonchev–Trinajstić information content (AvgIpc) is 3.07. The van der Waals surface area contributed by atoms with Gasteiger partial charge in [-0.25, -0.2) is 9.69 Å². The first-order valence-corrected chi connectivity index (χ1v) is 9.90. The molecule has 3 atom stereocenters. The normalized spacial score (nSPS) is 30.4. The van der Waals surface area contributed by atoms with Gasteiger partial charge in [-0.1, -0.05) is 41.4 Å². The van der Waals surface area contributed by atoms with E-state index in [4.69, 9.17) is 23.2 Å². The van der Waals surface area contributed by atoms with Crippen molar-refractivity contribution in [1.82, 2.24) is 15.1 Å². The smallest absolute Gasteiger partial charge is 0.406 e. The van der Waals surface area contributed by atoms with Gasteiger partial charge in [0.05, 0.1) is 6.10 Å². The quantitative estimate of drug-likeness (QED) is 0.395. The van der Waals surface area contributed by atoms with Gasteiger partial charge < -0.3 is 20.1 Å². The zero-order valence-electron chi connectivity index (χ0n) is 15.7. The molecule has 0 radical (unpaired) electrons. The van der Waals surface area contributed by atoms with Crippen LogP contribution >= 0.6 is 23.2 Å². The molecule has 3 heterocycles. The maximum Gasteiger partial charge on any atom is 0.573 e. The van der Waals surface area contributed by atoms with Gasteiger partial charge in [0.15, 0.2) is 0 Å². The molecule has 0 aromatic heterocycles. The number of aliphatic hydroxyl groups excluding tert-OH is 1. The third kappa shape index (κ3) is 3.83. The standard InChI is InChI=1S/C19H16Cl2F3N3O4/c20-14-2-1-7-18(21,25-14)27-15(29)17(9-12(28)10-26(17)16(27)30)8-11-3-5-13(6-4-11)31-19(22,23)24/h1-7,12,25,28H,8-10H2/t12-,17-,18?/m1/s1. The molecule has 0 aliphatic carbocycles. The SMILES string of the molecule is O=C1N(C2(Cl)C=CC=C(Cl)N2)C(=O)[C@@]2(Cc3ccc(OC(F)(F)F)cc3)C[C@@H](O)CN12. The van der Waals surface area contributed by atoms with Crippen LogP contribution in [0.15, 0.2) is 47.6 Å². The lowest BCUT2D eigenvalue weighted by Crippen LogP contribution is -2.57. The van der Waals surface area contributed by atoms with Crippen molar-refractivity contribution in [3.8, 4) is 5.75 Å². The number of carbonyl (C=O) groups excluding carboxylic acids is 2. The second-order valence-electron chi connectivity index (χ2n) is 7.46. The first-order chi connectivity index (χ1) is 14.4. The van der Waals surface area contributed by atoms with Gasteiger partial charge in [-0.3, -0.25) is 4.79 Å². The van der Waals surface area contributed by atoms with Crippen molar-refractivity contribution < 1.29 is 32.6 Å². The molecule has 0 spiro atoms. The first-order valence-electron chi connectivity index (χ1n) is 9.15. The predicted molar refractivity (Wildman–Crippen MR) is 104 cm³/mol. The minimum atomic E-state index is -4.83. The lowest BCUT2D eigenvalue weighted by Gasteiger charge is -2.35. The van der Waals surface area contributed by atoms with Crippen molar-refractivity contribution in [2.45, 2.75) is 36.0 Å². The molecule has 7 nitrogen and oxygen atoms in total. The summed E-state index contributed by atoms with van der Waals surface area (Å²) >= 11 is 12.5. The van der Waals surface area contributed by atoms with Gasteiger partial charge in [0.2, 0.25) is 5.12 Å². The molecule has 0 bridgehead atoms. The summed E-state index contributed by atoms with van der Waals surface area (Å²) in [6.45, 7) is -0.0867. The summed E-state index contributed by atoms with van der Waals surface area (Å²) in [5.41, 5.74) is -0.959. The highest BCUT2D eigenvalue weighted by molar-refractivity contribution is 6.33. The number of ether oxygens (including phenoxy) is 1. The number of carbonyl (C=O) groups is 2. The van der Waals surface area contributed by atoms with E-state index in [2.05, 4.69) is 10.1 Å². The molecule has 2 saturated heterocycles. The molecule has 4 rings (SSSR count). The Morgan fingerprint density at radius 1 is 1.26 bits per heavy atom. The summed E-state index contributed by atoms with van der Waals surface area (Å²) in [5.74, 6) is -1.06. The molecule has 2 N–H and O–H groups in total. The number of amides is 3. The number of dihydropyridines is 1. The van der Waals surface area contributed by atoms with Crippen LogP contribution in [0.4, 0.5) is 18.0 Å². The maximum atomic E-state index is 13.5. The molecular weight excluding hydrogens is 462 g/mol. The van der Waals surface area contributed by atoms with Gasteiger partial charge in [-0.15, -0.1) is 13.2 Å². The van der Waals surface area contributed by atoms with Crippen molar-refractivity contribution in [2.75, 3.05) is 6.54 Å². The Morgan fingerprint density at radius 3 is 2.55 bits per heavy atom. The molecule has 1 aromatic rings. The van der Waals surface area contributed by atoms with Crippen LogP contribution in [0.3, 0.4) is 0 Å². The number of fused-ring (bicyclic) bond motifs is 1. The zero-order chi connectivity index (χ0) is 22.6. The number of hydrogen-bond donors (Lipinski definition) is 2. The van der Waals surface area contributed by atoms with E-state index in [0.29, 0.717) is 5.56 Å². The molecule has 3 aliphatic rings. The van der Waals surface area contributed by atoms with Crippen molar-refractivity contribution in [2.24, 2.45) is 0 Å². The van der Waals surface area contributed by atoms with Gasteiger partial charge in [-0.05, 0) is 29.8 Å². The van der Waals surface area contributed by atoms with Gasteiger partial charge >= 0.3 is 12.4 Å². The largest absolute Gasteiger partial charge is 0.573 e. The van der Waals surface area contributed by atoms with E-state index in [1.54, 1.807) is 0 Å². The molecule has 3 amide bonds. The van der Waals surface area contributed by atoms with Crippen LogP contribution < -0.4 is 10.1 Å². The molecule has 31 heavy (non-hydrogen) atoms. The number of allylic oxidation sites excluding steroid dienone is 2. The van der Waals surface area contributed by atoms with Crippen molar-refractivity contribution >= 4 is 35.1 Å². The van der Waals surface area contributed by atoms with E-state index < -0.39 is 40.8 Å². The summed E-state index contributed by atoms with van der Waals surface area (Å²) < 4.78 is 41.0. The summed E-state index contributed by atoms with van der Waals surface area (Å²) in [5, 5.41) is 11.3. The number of rotatable bonds is 4. The number of alkyl halides is 4. The van der Waals surface area contributed by atoms with Crippen molar-refractivity contribution in [3.05, 3.63) is 53.2 Å². The highest BCUT2D eigenvalue weighted by atomic mass is 35.5. The molecular formula is C19H16Cl2F3N3O4. The van der Waals surface area contributed by atoms with Crippen LogP contribution in [0.2, 0.25) is 0 Å². The topological polar surface area (TPSA) is 82.1 Å². The van der Waals surface area contributed by atoms with Gasteiger partial charge in [0.1, 0.15) is 16.4 Å². The van der Waals surface area contributed by atoms with E-state index in [1.807, 2.05) is 0 Å². The summed E-state index contributed by atoms with van der Waals surface area (Å²) in [7, 11) is 0. The summed E-state index contributed by atoms with van der Waals surface area (Å²) in [4.78, 5) is 28.7. The van der Waals surface area contributed by atoms with Crippen LogP contribution in [-0.2, 0) is 11.2 Å². The Labute approximate surface area is 184 Å². The third-order valence-corrected chi connectivity index (χ3v) is 5.95. The Bertz CT molecular complexity index is 985. The van der Waals surface area contributed by atoms with Crippen LogP contribution in [-0.4, -0.2) is 56.5 Å². The monoisotopic (exact) mass is 477 g/mol. The highest BCUT2D eigenvalue weighted by Crippen LogP contribution is 2.44. The highest BCUT2D eigenvalue weighted by Gasteiger charge is 2.65. The zero-order valence-corrected chi connectivity index (χ0v) is 17.2. The average molecular weight is 478 g/mol. The Morgan fingerprint density at radius 2 is 1.94 bits per heavy atom. The second-order valence-corrected chi connectivity index (χ2v) is 8.45. The number of β-amino-alcohol motifs (C(OH)–C–C–N with tert-alkyl or cyclic N) is 1. The van der Waals surface area contributed by atoms with E-state index >= 15 is 0 Å². The van der Waals surface area contributed by atoms with E-state index in [1.165, 1.54) is 35.3 Å². The third-order valence-electron chi connectivity index (χ3n) is 5.34. The van der Waals surface area contributed by atoms with Crippen LogP contribution in [0.5, 0.6) is 5.75 Å². The summed E-state index contributed by atoms with van der Waals surface area (Å²) in [6.07, 6.45) is -1.45. The lowest BCUT2D eigenvalue weighted by atomic mass is 9.87. The Kier molecular flexibility index (Phi) is 5.14. The fraction of sp³-hybridized carbons (Fsp3) is 0.368. The fourth-order valence-electron chi connectivity index (χ4n) is 4.15. The molecule has 3 aliphatic heterocycles. The molecule has 1 unspecified atom stereocenters. The number of nitrogens with one attached hydrogen (secondary N) is 1. The lowest BCUT2D eigenvalue weighted by molar-refractivity contribution is -0.274. The van der Waals surface area contributed by atoms with Crippen molar-refractivity contribution in [3.63, 3.8) is 0 Å². The molecule has 2 fully saturated rings. The number of halogens is 5. The molecule has 0 saturated carbocycles. The van der Waals surface area contributed by atoms with Gasteiger partial charge in [0.25, 0.3) is 5.91 Å². The Hall–Kier alpha value is -2.43. The predicted octanol–water partition coefficient (Wildman–Crippen LogP) is 3.03. The van der Waals surface area contributed by atoms with Crippen LogP contribution in [0, 0.1) is 0 Å². The number of nitrogens with zero attached hydrogens (tertiary/aromatic N) is 2. The van der Waals surface area contributed by atoms with Crippen LogP contribution in [0.1, 0.15) is 12.0 Å². The first kappa shape index (κ1) is 21.8. The molecule has 12 heteroatoms. The maximum absolute atomic E-state index is 13.5.